The molecule has 30 heteroatoms. The molecule has 0 saturated carbocycles. The molecule has 1 aromatic heterocycles. The maximum Gasteiger partial charge on any atom is 0.326 e. The summed E-state index contributed by atoms with van der Waals surface area (Å²) >= 11 is 2.81. The third kappa shape index (κ3) is 24.1. The lowest BCUT2D eigenvalue weighted by Gasteiger charge is -2.27. The molecule has 0 spiro atoms. The van der Waals surface area contributed by atoms with Crippen molar-refractivity contribution in [2.45, 2.75) is 119 Å². The van der Waals surface area contributed by atoms with Gasteiger partial charge in [0.25, 0.3) is 0 Å². The number of guanidine groups is 1. The molecule has 0 aliphatic carbocycles. The van der Waals surface area contributed by atoms with Crippen molar-refractivity contribution in [2.75, 3.05) is 37.1 Å². The van der Waals surface area contributed by atoms with Gasteiger partial charge in [0.2, 0.25) is 59.1 Å². The molecular weight excluding hydrogens is 1090 g/mol. The Bertz CT molecular complexity index is 2670. The number of carboxylic acid groups (broad SMARTS) is 1. The van der Waals surface area contributed by atoms with Crippen LogP contribution in [0.1, 0.15) is 63.0 Å². The van der Waals surface area contributed by atoms with Gasteiger partial charge < -0.3 is 86.4 Å². The number of fused-ring (bicyclic) bond motifs is 1. The molecule has 0 aliphatic rings. The van der Waals surface area contributed by atoms with E-state index in [1.807, 2.05) is 12.3 Å². The minimum Gasteiger partial charge on any atom is -0.480 e. The van der Waals surface area contributed by atoms with E-state index in [2.05, 4.69) is 52.5 Å². The summed E-state index contributed by atoms with van der Waals surface area (Å²) in [6.45, 7) is 0.282. The number of aliphatic carboxylic acids is 1. The van der Waals surface area contributed by atoms with Gasteiger partial charge in [0.15, 0.2) is 5.96 Å². The van der Waals surface area contributed by atoms with Crippen molar-refractivity contribution in [2.24, 2.45) is 33.7 Å². The summed E-state index contributed by atoms with van der Waals surface area (Å²) in [5.41, 5.74) is 30.0. The van der Waals surface area contributed by atoms with Crippen molar-refractivity contribution in [1.29, 1.82) is 0 Å². The molecular formula is C51H75N15O13S2. The molecule has 1 heterocycles. The molecule has 0 bridgehead atoms. The molecule has 444 valence electrons. The van der Waals surface area contributed by atoms with Crippen molar-refractivity contribution in [3.05, 3.63) is 71.9 Å². The number of aromatic nitrogens is 1. The van der Waals surface area contributed by atoms with E-state index in [0.29, 0.717) is 29.1 Å². The zero-order chi connectivity index (χ0) is 60.2. The van der Waals surface area contributed by atoms with Gasteiger partial charge in [0.05, 0.1) is 25.1 Å². The van der Waals surface area contributed by atoms with Crippen LogP contribution in [0.25, 0.3) is 10.9 Å². The lowest BCUT2D eigenvalue weighted by Crippen LogP contribution is -2.61. The number of aromatic amines is 1. The third-order valence-corrected chi connectivity index (χ3v) is 13.6. The fraction of sp³-hybridized carbons (Fsp3) is 0.490. The van der Waals surface area contributed by atoms with E-state index in [1.54, 1.807) is 61.0 Å². The van der Waals surface area contributed by atoms with E-state index >= 15 is 0 Å². The van der Waals surface area contributed by atoms with E-state index in [1.165, 1.54) is 23.5 Å². The van der Waals surface area contributed by atoms with Crippen molar-refractivity contribution in [1.82, 2.24) is 47.5 Å². The van der Waals surface area contributed by atoms with Crippen molar-refractivity contribution in [3.8, 4) is 0 Å². The van der Waals surface area contributed by atoms with E-state index in [4.69, 9.17) is 28.7 Å². The third-order valence-electron chi connectivity index (χ3n) is 12.3. The number of nitrogens with one attached hydrogen (secondary N) is 9. The molecule has 0 radical (unpaired) electrons. The number of thioether (sulfide) groups is 2. The topological polar surface area (TPSA) is 483 Å². The van der Waals surface area contributed by atoms with Gasteiger partial charge in [0, 0.05) is 42.9 Å². The standard InChI is InChI=1S/C51H75N15O13S2/c1-27(67)42(49(77)59-26-41(70)60-35(18-21-81-3)46(74)65-38(50(78)79)23-29-25-58-32-13-8-7-12-30(29)32)66-48(76)37(24-40(54)69)64-45(73)34(15-16-39(53)68)62-44(72)33(14-9-19-57-51(55)56)61-47(75)36(22-28-10-5-4-6-11-28)63-43(71)31(52)17-20-80-2/h4-8,10-13,25,27,31,33-38,42,58,67H,9,14-24,26,52H2,1-3H3,(H2,53,68)(H2,54,69)(H,59,77)(H,60,70)(H,61,75)(H,62,72)(H,63,71)(H,64,73)(H,65,74)(H,66,76)(H,78,79)(H4,55,56,57)/t27-,31+,33+,34+,35+,36+,37+,38+,42+/m1/s1. The number of carbonyl (C=O) groups is 11. The molecule has 0 aliphatic heterocycles. The molecule has 10 amide bonds. The van der Waals surface area contributed by atoms with Crippen LogP contribution in [0, 0.1) is 0 Å². The number of benzene rings is 2. The van der Waals surface area contributed by atoms with E-state index in [9.17, 15) is 63.0 Å². The predicted octanol–water partition coefficient (Wildman–Crippen LogP) is -4.04. The lowest BCUT2D eigenvalue weighted by molar-refractivity contribution is -0.142. The van der Waals surface area contributed by atoms with Gasteiger partial charge in [-0.3, -0.25) is 52.9 Å². The molecule has 21 N–H and O–H groups in total. The molecule has 3 rings (SSSR count). The number of carboxylic acids is 1. The molecule has 0 unspecified atom stereocenters. The van der Waals surface area contributed by atoms with Crippen LogP contribution >= 0.6 is 23.5 Å². The van der Waals surface area contributed by atoms with Crippen LogP contribution in [0.5, 0.6) is 0 Å². The fourth-order valence-electron chi connectivity index (χ4n) is 7.95. The van der Waals surface area contributed by atoms with Crippen LogP contribution in [0.3, 0.4) is 0 Å². The Morgan fingerprint density at radius 2 is 1.15 bits per heavy atom. The van der Waals surface area contributed by atoms with Crippen LogP contribution in [0.4, 0.5) is 0 Å². The number of aliphatic imine (C=N–C) groups is 1. The minimum atomic E-state index is -1.90. The number of amides is 10. The number of aliphatic hydroxyl groups excluding tert-OH is 1. The van der Waals surface area contributed by atoms with Crippen LogP contribution in [-0.2, 0) is 65.6 Å². The number of hydrogen-bond acceptors (Lipinski definition) is 16. The second kappa shape index (κ2) is 34.9. The average molecular weight is 1170 g/mol. The molecule has 9 atom stereocenters. The Morgan fingerprint density at radius 1 is 0.605 bits per heavy atom. The summed E-state index contributed by atoms with van der Waals surface area (Å²) < 4.78 is 0. The summed E-state index contributed by atoms with van der Waals surface area (Å²) in [6, 6.07) is 4.03. The van der Waals surface area contributed by atoms with Gasteiger partial charge in [-0.15, -0.1) is 0 Å². The predicted molar refractivity (Wildman–Crippen MR) is 304 cm³/mol. The zero-order valence-corrected chi connectivity index (χ0v) is 46.8. The normalized spacial score (nSPS) is 14.3. The SMILES string of the molecule is CSCC[C@H](NC(=O)CNC(=O)[C@@H](NC(=O)[C@H](CC(N)=O)NC(=O)[C@H](CCC(N)=O)NC(=O)[C@H](CCCN=C(N)N)NC(=O)[C@H](Cc1ccccc1)NC(=O)[C@@H](N)CCSC)[C@@H](C)O)C(=O)N[C@@H](Cc1c[nH]c2ccccc12)C(=O)O. The van der Waals surface area contributed by atoms with Crippen molar-refractivity contribution >= 4 is 105 Å². The highest BCUT2D eigenvalue weighted by atomic mass is 32.2. The number of carbonyl (C=O) groups excluding carboxylic acids is 10. The number of rotatable bonds is 37. The second-order valence-electron chi connectivity index (χ2n) is 18.8. The van der Waals surface area contributed by atoms with Crippen LogP contribution < -0.4 is 71.2 Å². The largest absolute Gasteiger partial charge is 0.480 e. The van der Waals surface area contributed by atoms with Crippen LogP contribution in [0.15, 0.2) is 65.8 Å². The second-order valence-corrected chi connectivity index (χ2v) is 20.7. The first kappa shape index (κ1) is 67.3. The maximum absolute atomic E-state index is 14.2. The van der Waals surface area contributed by atoms with Gasteiger partial charge in [-0.25, -0.2) is 4.79 Å². The number of nitrogens with zero attached hydrogens (tertiary/aromatic N) is 1. The molecule has 28 nitrogen and oxygen atoms in total. The summed E-state index contributed by atoms with van der Waals surface area (Å²) in [6.07, 6.45) is 1.81. The summed E-state index contributed by atoms with van der Waals surface area (Å²) in [5, 5.41) is 40.8. The number of hydrogen-bond donors (Lipinski definition) is 16. The molecule has 0 saturated heterocycles. The Morgan fingerprint density at radius 3 is 1.74 bits per heavy atom. The first-order valence-corrected chi connectivity index (χ1v) is 28.5. The Kier molecular flexibility index (Phi) is 29.0. The molecule has 81 heavy (non-hydrogen) atoms. The highest BCUT2D eigenvalue weighted by molar-refractivity contribution is 7.98. The van der Waals surface area contributed by atoms with Gasteiger partial charge in [-0.05, 0) is 80.2 Å². The Hall–Kier alpha value is -7.96. The highest BCUT2D eigenvalue weighted by Crippen LogP contribution is 2.20. The van der Waals surface area contributed by atoms with Crippen molar-refractivity contribution in [3.63, 3.8) is 0 Å². The first-order valence-electron chi connectivity index (χ1n) is 25.7. The monoisotopic (exact) mass is 1170 g/mol. The Balaban J connectivity index is 1.79. The Labute approximate surface area is 475 Å². The quantitative estimate of drug-likeness (QED) is 0.0148. The van der Waals surface area contributed by atoms with E-state index < -0.39 is 145 Å². The molecule has 0 fully saturated rings. The first-order chi connectivity index (χ1) is 38.4. The molecule has 3 aromatic rings. The lowest BCUT2D eigenvalue weighted by atomic mass is 10.0. The minimum absolute atomic E-state index is 0.00712. The number of aliphatic hydroxyl groups is 1. The fourth-order valence-corrected chi connectivity index (χ4v) is 8.91. The smallest absolute Gasteiger partial charge is 0.326 e. The summed E-state index contributed by atoms with van der Waals surface area (Å²) in [5.74, 6) is -10.5. The molecule has 2 aromatic carbocycles. The van der Waals surface area contributed by atoms with Gasteiger partial charge in [-0.1, -0.05) is 48.5 Å². The number of para-hydroxylation sites is 1. The van der Waals surface area contributed by atoms with Crippen LogP contribution in [-0.4, -0.2) is 178 Å². The maximum atomic E-state index is 14.2. The van der Waals surface area contributed by atoms with Gasteiger partial charge in [-0.2, -0.15) is 23.5 Å². The van der Waals surface area contributed by atoms with Gasteiger partial charge >= 0.3 is 5.97 Å². The van der Waals surface area contributed by atoms with Gasteiger partial charge in [0.1, 0.15) is 42.3 Å². The zero-order valence-electron chi connectivity index (χ0n) is 45.2. The van der Waals surface area contributed by atoms with Crippen LogP contribution in [0.2, 0.25) is 0 Å². The number of nitrogens with two attached hydrogens (primary N) is 5. The summed E-state index contributed by atoms with van der Waals surface area (Å²) in [7, 11) is 0. The highest BCUT2D eigenvalue weighted by Gasteiger charge is 2.35. The van der Waals surface area contributed by atoms with E-state index in [0.717, 1.165) is 17.8 Å². The van der Waals surface area contributed by atoms with Crippen molar-refractivity contribution < 1.29 is 63.0 Å². The summed E-state index contributed by atoms with van der Waals surface area (Å²) in [4.78, 5) is 153. The van der Waals surface area contributed by atoms with E-state index in [-0.39, 0.29) is 44.6 Å². The number of H-pyrrole nitrogens is 1. The average Bonchev–Trinajstić information content (AvgIpc) is 3.83. The number of primary amides is 2.